The van der Waals surface area contributed by atoms with E-state index in [0.29, 0.717) is 24.3 Å². The summed E-state index contributed by atoms with van der Waals surface area (Å²) < 4.78 is 18.2. The van der Waals surface area contributed by atoms with Gasteiger partial charge in [-0.2, -0.15) is 0 Å². The molecule has 0 saturated carbocycles. The zero-order valence-electron chi connectivity index (χ0n) is 6.51. The van der Waals surface area contributed by atoms with Crippen LogP contribution in [-0.2, 0) is 13.0 Å². The van der Waals surface area contributed by atoms with Crippen molar-refractivity contribution in [1.29, 1.82) is 0 Å². The van der Waals surface area contributed by atoms with E-state index in [2.05, 4.69) is 0 Å². The maximum Gasteiger partial charge on any atom is 0.129 e. The quantitative estimate of drug-likeness (QED) is 0.683. The molecule has 1 aromatic carbocycles. The van der Waals surface area contributed by atoms with Gasteiger partial charge in [0.2, 0.25) is 0 Å². The van der Waals surface area contributed by atoms with Crippen LogP contribution < -0.4 is 4.74 Å². The first kappa shape index (κ1) is 7.55. The first-order chi connectivity index (χ1) is 5.83. The molecule has 1 aliphatic rings. The molecule has 0 aromatic heterocycles. The van der Waals surface area contributed by atoms with Gasteiger partial charge in [-0.15, -0.1) is 0 Å². The van der Waals surface area contributed by atoms with Crippen LogP contribution in [0.1, 0.15) is 11.1 Å². The van der Waals surface area contributed by atoms with Gasteiger partial charge in [0, 0.05) is 17.5 Å². The van der Waals surface area contributed by atoms with E-state index in [-0.39, 0.29) is 12.4 Å². The second-order valence-corrected chi connectivity index (χ2v) is 2.76. The van der Waals surface area contributed by atoms with Crippen molar-refractivity contribution >= 4 is 0 Å². The van der Waals surface area contributed by atoms with Crippen LogP contribution in [0.5, 0.6) is 5.75 Å². The van der Waals surface area contributed by atoms with Gasteiger partial charge in [0.15, 0.2) is 0 Å². The van der Waals surface area contributed by atoms with E-state index >= 15 is 0 Å². The van der Waals surface area contributed by atoms with Gasteiger partial charge in [0.25, 0.3) is 0 Å². The maximum atomic E-state index is 13.0. The first-order valence-electron chi connectivity index (χ1n) is 3.87. The molecule has 0 spiro atoms. The second-order valence-electron chi connectivity index (χ2n) is 2.76. The third-order valence-electron chi connectivity index (χ3n) is 2.10. The molecule has 64 valence electrons. The number of rotatable bonds is 1. The average molecular weight is 168 g/mol. The lowest BCUT2D eigenvalue weighted by Crippen LogP contribution is -1.95. The van der Waals surface area contributed by atoms with Crippen molar-refractivity contribution in [2.75, 3.05) is 6.61 Å². The van der Waals surface area contributed by atoms with E-state index in [4.69, 9.17) is 9.84 Å². The fourth-order valence-electron chi connectivity index (χ4n) is 1.49. The Hall–Kier alpha value is -1.09. The Morgan fingerprint density at radius 2 is 2.33 bits per heavy atom. The number of fused-ring (bicyclic) bond motifs is 1. The molecule has 0 saturated heterocycles. The van der Waals surface area contributed by atoms with E-state index in [1.54, 1.807) is 6.07 Å². The van der Waals surface area contributed by atoms with Crippen LogP contribution in [-0.4, -0.2) is 11.7 Å². The predicted octanol–water partition coefficient (Wildman–Crippen LogP) is 1.25. The highest BCUT2D eigenvalue weighted by molar-refractivity contribution is 5.43. The van der Waals surface area contributed by atoms with E-state index in [1.807, 2.05) is 0 Å². The van der Waals surface area contributed by atoms with Crippen molar-refractivity contribution in [3.63, 3.8) is 0 Å². The fraction of sp³-hybridized carbons (Fsp3) is 0.333. The minimum absolute atomic E-state index is 0.252. The molecule has 0 radical (unpaired) electrons. The topological polar surface area (TPSA) is 29.5 Å². The zero-order valence-corrected chi connectivity index (χ0v) is 6.51. The van der Waals surface area contributed by atoms with Gasteiger partial charge >= 0.3 is 0 Å². The molecule has 0 aliphatic carbocycles. The Balaban J connectivity index is 2.57. The highest BCUT2D eigenvalue weighted by Crippen LogP contribution is 2.29. The lowest BCUT2D eigenvalue weighted by Gasteiger charge is -2.04. The van der Waals surface area contributed by atoms with Crippen LogP contribution in [0.2, 0.25) is 0 Å². The summed E-state index contributed by atoms with van der Waals surface area (Å²) in [5.41, 5.74) is 1.20. The summed E-state index contributed by atoms with van der Waals surface area (Å²) in [5, 5.41) is 8.89. The summed E-state index contributed by atoms with van der Waals surface area (Å²) in [6.07, 6.45) is 0.697. The molecule has 1 aliphatic heterocycles. The lowest BCUT2D eigenvalue weighted by molar-refractivity contribution is 0.274. The molecule has 0 unspecified atom stereocenters. The third-order valence-corrected chi connectivity index (χ3v) is 2.10. The Labute approximate surface area is 69.6 Å². The first-order valence-corrected chi connectivity index (χ1v) is 3.87. The number of hydrogen-bond acceptors (Lipinski definition) is 2. The van der Waals surface area contributed by atoms with Crippen molar-refractivity contribution < 1.29 is 14.2 Å². The number of aliphatic hydroxyl groups excluding tert-OH is 1. The van der Waals surface area contributed by atoms with Gasteiger partial charge < -0.3 is 9.84 Å². The van der Waals surface area contributed by atoms with Crippen LogP contribution in [0.3, 0.4) is 0 Å². The third kappa shape index (κ3) is 0.975. The molecule has 1 aromatic rings. The van der Waals surface area contributed by atoms with Crippen LogP contribution in [0, 0.1) is 5.82 Å². The Morgan fingerprint density at radius 3 is 3.08 bits per heavy atom. The number of halogens is 1. The van der Waals surface area contributed by atoms with Gasteiger partial charge in [-0.1, -0.05) is 0 Å². The average Bonchev–Trinajstić information content (AvgIpc) is 2.52. The van der Waals surface area contributed by atoms with E-state index in [9.17, 15) is 4.39 Å². The van der Waals surface area contributed by atoms with E-state index < -0.39 is 0 Å². The molecule has 2 rings (SSSR count). The molecule has 3 heteroatoms. The smallest absolute Gasteiger partial charge is 0.129 e. The Bertz CT molecular complexity index is 310. The number of ether oxygens (including phenoxy) is 1. The van der Waals surface area contributed by atoms with Gasteiger partial charge in [-0.05, 0) is 12.1 Å². The fourth-order valence-corrected chi connectivity index (χ4v) is 1.49. The standard InChI is InChI=1S/C9H9FO2/c10-8-1-2-9-6(3-4-12-9)7(8)5-11/h1-2,11H,3-5H2. The van der Waals surface area contributed by atoms with Crippen molar-refractivity contribution in [2.24, 2.45) is 0 Å². The van der Waals surface area contributed by atoms with Gasteiger partial charge in [0.1, 0.15) is 11.6 Å². The molecule has 2 nitrogen and oxygen atoms in total. The highest BCUT2D eigenvalue weighted by Gasteiger charge is 2.18. The minimum Gasteiger partial charge on any atom is -0.493 e. The Morgan fingerprint density at radius 1 is 1.50 bits per heavy atom. The van der Waals surface area contributed by atoms with Gasteiger partial charge in [-0.25, -0.2) is 4.39 Å². The number of aliphatic hydroxyl groups is 1. The number of benzene rings is 1. The monoisotopic (exact) mass is 168 g/mol. The van der Waals surface area contributed by atoms with E-state index in [1.165, 1.54) is 6.07 Å². The summed E-state index contributed by atoms with van der Waals surface area (Å²) in [6, 6.07) is 2.94. The number of hydrogen-bond donors (Lipinski definition) is 1. The van der Waals surface area contributed by atoms with Gasteiger partial charge in [0.05, 0.1) is 13.2 Å². The lowest BCUT2D eigenvalue weighted by atomic mass is 10.1. The Kier molecular flexibility index (Phi) is 1.73. The molecule has 1 N–H and O–H groups in total. The summed E-state index contributed by atoms with van der Waals surface area (Å²) in [6.45, 7) is 0.337. The largest absolute Gasteiger partial charge is 0.493 e. The van der Waals surface area contributed by atoms with E-state index in [0.717, 1.165) is 5.56 Å². The molecule has 0 fully saturated rings. The zero-order chi connectivity index (χ0) is 8.55. The van der Waals surface area contributed by atoms with Crippen molar-refractivity contribution in [2.45, 2.75) is 13.0 Å². The second kappa shape index (κ2) is 2.75. The van der Waals surface area contributed by atoms with Crippen LogP contribution in [0.15, 0.2) is 12.1 Å². The van der Waals surface area contributed by atoms with Crippen molar-refractivity contribution in [3.05, 3.63) is 29.1 Å². The van der Waals surface area contributed by atoms with Crippen LogP contribution >= 0.6 is 0 Å². The molecule has 0 bridgehead atoms. The predicted molar refractivity (Wildman–Crippen MR) is 41.5 cm³/mol. The molecule has 1 heterocycles. The molecule has 0 amide bonds. The molecular formula is C9H9FO2. The highest BCUT2D eigenvalue weighted by atomic mass is 19.1. The SMILES string of the molecule is OCc1c(F)ccc2c1CCO2. The molecule has 0 atom stereocenters. The normalized spacial score (nSPS) is 14.2. The maximum absolute atomic E-state index is 13.0. The molecular weight excluding hydrogens is 159 g/mol. The van der Waals surface area contributed by atoms with Crippen LogP contribution in [0.4, 0.5) is 4.39 Å². The molecule has 12 heavy (non-hydrogen) atoms. The summed E-state index contributed by atoms with van der Waals surface area (Å²) in [5.74, 6) is 0.363. The van der Waals surface area contributed by atoms with Gasteiger partial charge in [-0.3, -0.25) is 0 Å². The summed E-state index contributed by atoms with van der Waals surface area (Å²) in [4.78, 5) is 0. The summed E-state index contributed by atoms with van der Waals surface area (Å²) >= 11 is 0. The van der Waals surface area contributed by atoms with Crippen molar-refractivity contribution in [3.8, 4) is 5.75 Å². The van der Waals surface area contributed by atoms with Crippen LogP contribution in [0.25, 0.3) is 0 Å². The summed E-state index contributed by atoms with van der Waals surface area (Å²) in [7, 11) is 0. The minimum atomic E-state index is -0.346. The van der Waals surface area contributed by atoms with Crippen molar-refractivity contribution in [1.82, 2.24) is 0 Å².